The predicted molar refractivity (Wildman–Crippen MR) is 115 cm³/mol. The molecule has 0 aromatic heterocycles. The number of alkyl carbamates (subject to hydrolysis) is 1. The van der Waals surface area contributed by atoms with E-state index in [1.54, 1.807) is 0 Å². The monoisotopic (exact) mass is 417 g/mol. The summed E-state index contributed by atoms with van der Waals surface area (Å²) in [6.07, 6.45) is 13.4. The first-order chi connectivity index (χ1) is 14.7. The molecular weight excluding hydrogens is 378 g/mol. The number of hydrogen-bond acceptors (Lipinski definition) is 4. The maximum absolute atomic E-state index is 12.3. The van der Waals surface area contributed by atoms with Crippen LogP contribution >= 0.6 is 0 Å². The summed E-state index contributed by atoms with van der Waals surface area (Å²) in [6, 6.07) is 0. The van der Waals surface area contributed by atoms with Gasteiger partial charge in [-0.3, -0.25) is 9.69 Å². The van der Waals surface area contributed by atoms with Crippen LogP contribution in [-0.2, 0) is 9.53 Å². The minimum Gasteiger partial charge on any atom is -0.446 e. The minimum atomic E-state index is -0.278. The van der Waals surface area contributed by atoms with Crippen molar-refractivity contribution in [3.05, 3.63) is 0 Å². The van der Waals surface area contributed by atoms with E-state index in [1.807, 2.05) is 0 Å². The molecule has 0 aromatic carbocycles. The second-order valence-electron chi connectivity index (χ2n) is 10.7. The summed E-state index contributed by atoms with van der Waals surface area (Å²) in [6.45, 7) is 3.20. The summed E-state index contributed by atoms with van der Waals surface area (Å²) >= 11 is 0. The van der Waals surface area contributed by atoms with Crippen LogP contribution in [0, 0.1) is 35.5 Å². The normalized spacial score (nSPS) is 41.2. The number of piperazine rings is 1. The van der Waals surface area contributed by atoms with E-state index in [9.17, 15) is 9.59 Å². The van der Waals surface area contributed by atoms with E-state index in [0.717, 1.165) is 54.9 Å². The fourth-order valence-electron chi connectivity index (χ4n) is 7.93. The van der Waals surface area contributed by atoms with E-state index in [-0.39, 0.29) is 18.1 Å². The Balaban J connectivity index is 1.06. The van der Waals surface area contributed by atoms with Crippen LogP contribution in [0.5, 0.6) is 0 Å². The number of nitrogens with zero attached hydrogens (tertiary/aromatic N) is 1. The molecule has 4 saturated carbocycles. The lowest BCUT2D eigenvalue weighted by molar-refractivity contribution is -0.124. The fourth-order valence-corrected chi connectivity index (χ4v) is 7.93. The summed E-state index contributed by atoms with van der Waals surface area (Å²) in [5, 5.41) is 5.72. The van der Waals surface area contributed by atoms with Gasteiger partial charge in [-0.05, 0) is 86.9 Å². The summed E-state index contributed by atoms with van der Waals surface area (Å²) in [5.74, 6) is 5.77. The van der Waals surface area contributed by atoms with Gasteiger partial charge in [0.15, 0.2) is 0 Å². The molecule has 0 spiro atoms. The van der Waals surface area contributed by atoms with E-state index in [2.05, 4.69) is 15.5 Å². The highest BCUT2D eigenvalue weighted by molar-refractivity contribution is 5.78. The lowest BCUT2D eigenvalue weighted by Gasteiger charge is -2.52. The summed E-state index contributed by atoms with van der Waals surface area (Å²) < 4.78 is 5.81. The van der Waals surface area contributed by atoms with Gasteiger partial charge in [0.25, 0.3) is 0 Å². The second-order valence-corrected chi connectivity index (χ2v) is 10.7. The van der Waals surface area contributed by atoms with Gasteiger partial charge in [-0.15, -0.1) is 0 Å². The predicted octanol–water partition coefficient (Wildman–Crippen LogP) is 3.17. The Hall–Kier alpha value is -1.30. The lowest BCUT2D eigenvalue weighted by atomic mass is 9.53. The molecule has 0 radical (unpaired) electrons. The number of rotatable bonds is 4. The van der Waals surface area contributed by atoms with Crippen molar-refractivity contribution in [2.45, 2.75) is 70.3 Å². The molecule has 1 saturated heterocycles. The Morgan fingerprint density at radius 3 is 2.57 bits per heavy atom. The number of carbonyl (C=O) groups is 2. The molecular formula is C24H39N3O3. The van der Waals surface area contributed by atoms with Crippen molar-refractivity contribution in [1.82, 2.24) is 15.5 Å². The highest BCUT2D eigenvalue weighted by atomic mass is 16.6. The van der Waals surface area contributed by atoms with Gasteiger partial charge in [0, 0.05) is 26.2 Å². The molecule has 2 amide bonds. The van der Waals surface area contributed by atoms with Crippen LogP contribution in [0.25, 0.3) is 0 Å². The minimum absolute atomic E-state index is 0.0664. The zero-order valence-electron chi connectivity index (χ0n) is 18.3. The van der Waals surface area contributed by atoms with Crippen LogP contribution in [0.2, 0.25) is 0 Å². The van der Waals surface area contributed by atoms with Crippen LogP contribution in [0.3, 0.4) is 0 Å². The molecule has 5 fully saturated rings. The molecule has 5 rings (SSSR count). The van der Waals surface area contributed by atoms with Crippen LogP contribution in [0.15, 0.2) is 0 Å². The molecule has 5 aliphatic rings. The SMILES string of the molecule is O=C1CN(CCNC(=O)OC2CCC3C(CCC4C5CCCC5CCC34)C2)CCN1. The molecule has 6 heteroatoms. The van der Waals surface area contributed by atoms with E-state index >= 15 is 0 Å². The molecule has 0 aromatic rings. The molecule has 7 atom stereocenters. The van der Waals surface area contributed by atoms with Crippen molar-refractivity contribution >= 4 is 12.0 Å². The van der Waals surface area contributed by atoms with E-state index in [4.69, 9.17) is 4.74 Å². The Kier molecular flexibility index (Phi) is 6.22. The summed E-state index contributed by atoms with van der Waals surface area (Å²) in [4.78, 5) is 25.8. The number of amides is 2. The highest BCUT2D eigenvalue weighted by Gasteiger charge is 2.49. The molecule has 30 heavy (non-hydrogen) atoms. The lowest BCUT2D eigenvalue weighted by Crippen LogP contribution is -2.49. The Morgan fingerprint density at radius 2 is 1.73 bits per heavy atom. The van der Waals surface area contributed by atoms with Gasteiger partial charge < -0.3 is 15.4 Å². The molecule has 168 valence electrons. The number of hydrogen-bond donors (Lipinski definition) is 2. The summed E-state index contributed by atoms with van der Waals surface area (Å²) in [5.41, 5.74) is 0. The number of carbonyl (C=O) groups excluding carboxylic acids is 2. The van der Waals surface area contributed by atoms with Gasteiger partial charge in [-0.2, -0.15) is 0 Å². The molecule has 1 heterocycles. The maximum Gasteiger partial charge on any atom is 0.407 e. The number of fused-ring (bicyclic) bond motifs is 5. The van der Waals surface area contributed by atoms with Gasteiger partial charge in [-0.1, -0.05) is 12.8 Å². The Bertz CT molecular complexity index is 641. The highest BCUT2D eigenvalue weighted by Crippen LogP contribution is 2.57. The first-order valence-corrected chi connectivity index (χ1v) is 12.6. The Morgan fingerprint density at radius 1 is 0.967 bits per heavy atom. The molecule has 6 nitrogen and oxygen atoms in total. The molecule has 1 aliphatic heterocycles. The molecule has 2 N–H and O–H groups in total. The molecule has 7 unspecified atom stereocenters. The van der Waals surface area contributed by atoms with Gasteiger partial charge in [0.05, 0.1) is 6.54 Å². The first kappa shape index (κ1) is 20.6. The van der Waals surface area contributed by atoms with E-state index in [0.29, 0.717) is 26.2 Å². The zero-order valence-corrected chi connectivity index (χ0v) is 18.3. The van der Waals surface area contributed by atoms with Crippen molar-refractivity contribution in [2.75, 3.05) is 32.7 Å². The third-order valence-electron chi connectivity index (χ3n) is 9.19. The van der Waals surface area contributed by atoms with Crippen LogP contribution in [0.1, 0.15) is 64.2 Å². The molecule has 4 aliphatic carbocycles. The average molecular weight is 418 g/mol. The number of ether oxygens (including phenoxy) is 1. The van der Waals surface area contributed by atoms with E-state index in [1.165, 1.54) is 51.4 Å². The van der Waals surface area contributed by atoms with Crippen molar-refractivity contribution in [1.29, 1.82) is 0 Å². The third-order valence-corrected chi connectivity index (χ3v) is 9.19. The second kappa shape index (κ2) is 9.05. The largest absolute Gasteiger partial charge is 0.446 e. The van der Waals surface area contributed by atoms with Crippen molar-refractivity contribution in [3.8, 4) is 0 Å². The van der Waals surface area contributed by atoms with Crippen LogP contribution in [-0.4, -0.2) is 55.7 Å². The van der Waals surface area contributed by atoms with Crippen molar-refractivity contribution < 1.29 is 14.3 Å². The average Bonchev–Trinajstić information content (AvgIpc) is 3.22. The smallest absolute Gasteiger partial charge is 0.407 e. The van der Waals surface area contributed by atoms with Gasteiger partial charge >= 0.3 is 6.09 Å². The zero-order chi connectivity index (χ0) is 20.5. The van der Waals surface area contributed by atoms with Crippen molar-refractivity contribution in [3.63, 3.8) is 0 Å². The quantitative estimate of drug-likeness (QED) is 0.737. The topological polar surface area (TPSA) is 70.7 Å². The third kappa shape index (κ3) is 4.35. The van der Waals surface area contributed by atoms with Crippen molar-refractivity contribution in [2.24, 2.45) is 35.5 Å². The summed E-state index contributed by atoms with van der Waals surface area (Å²) in [7, 11) is 0. The fraction of sp³-hybridized carbons (Fsp3) is 0.917. The number of nitrogens with one attached hydrogen (secondary N) is 2. The van der Waals surface area contributed by atoms with E-state index < -0.39 is 0 Å². The van der Waals surface area contributed by atoms with Gasteiger partial charge in [0.2, 0.25) is 5.91 Å². The van der Waals surface area contributed by atoms with Crippen LogP contribution in [0.4, 0.5) is 4.79 Å². The standard InChI is InChI=1S/C24H39N3O3/c28-23-15-27(12-10-25-23)13-11-26-24(29)30-18-6-9-20-17(14-18)5-8-21-19-3-1-2-16(19)4-7-22(20)21/h16-22H,1-15H2,(H,25,28)(H,26,29). The van der Waals surface area contributed by atoms with Gasteiger partial charge in [-0.25, -0.2) is 4.79 Å². The molecule has 0 bridgehead atoms. The Labute approximate surface area is 180 Å². The maximum atomic E-state index is 12.3. The van der Waals surface area contributed by atoms with Gasteiger partial charge in [0.1, 0.15) is 6.10 Å². The first-order valence-electron chi connectivity index (χ1n) is 12.6. The van der Waals surface area contributed by atoms with Crippen LogP contribution < -0.4 is 10.6 Å².